The minimum absolute atomic E-state index is 0.0142. The molecule has 0 aromatic carbocycles. The molecule has 0 radical (unpaired) electrons. The summed E-state index contributed by atoms with van der Waals surface area (Å²) in [5, 5.41) is 13.6. The van der Waals surface area contributed by atoms with E-state index < -0.39 is 20.0 Å². The molecule has 240 valence electrons. The second-order valence-corrected chi connectivity index (χ2v) is 13.9. The topological polar surface area (TPSA) is 108 Å². The van der Waals surface area contributed by atoms with E-state index in [4.69, 9.17) is 9.05 Å². The van der Waals surface area contributed by atoms with Gasteiger partial charge in [0.1, 0.15) is 13.2 Å². The molecule has 1 amide bonds. The zero-order valence-corrected chi connectivity index (χ0v) is 27.7. The first kappa shape index (κ1) is 39.5. The molecule has 3 atom stereocenters. The van der Waals surface area contributed by atoms with Crippen molar-refractivity contribution >= 4 is 13.7 Å². The summed E-state index contributed by atoms with van der Waals surface area (Å²) in [6.45, 7) is 4.57. The highest BCUT2D eigenvalue weighted by molar-refractivity contribution is 7.45. The molecule has 3 unspecified atom stereocenters. The standard InChI is InChI=1S/C31H65N2O6P/c1-6-8-10-12-13-14-15-16-17-18-19-20-21-22-24-30(34)29(32-31(35)25-23-11-9-7-2)28-39-40(36,37)38-27-26-33(3,4)5/h29-30,34H,6-28H2,1-5H3,(H-,32,35,36,37). The summed E-state index contributed by atoms with van der Waals surface area (Å²) in [6.07, 6.45) is 21.5. The molecule has 0 fully saturated rings. The van der Waals surface area contributed by atoms with E-state index in [9.17, 15) is 19.4 Å². The third kappa shape index (κ3) is 26.4. The van der Waals surface area contributed by atoms with Crippen LogP contribution >= 0.6 is 7.82 Å². The largest absolute Gasteiger partial charge is 0.756 e. The molecule has 0 saturated carbocycles. The summed E-state index contributed by atoms with van der Waals surface area (Å²) in [5.41, 5.74) is 0. The molecule has 0 aliphatic rings. The van der Waals surface area contributed by atoms with E-state index in [0.29, 0.717) is 23.9 Å². The highest BCUT2D eigenvalue weighted by atomic mass is 31.2. The van der Waals surface area contributed by atoms with Crippen LogP contribution in [0.1, 0.15) is 142 Å². The van der Waals surface area contributed by atoms with Gasteiger partial charge in [0.05, 0.1) is 39.9 Å². The molecular formula is C31H65N2O6P. The van der Waals surface area contributed by atoms with Gasteiger partial charge in [-0.25, -0.2) is 0 Å². The Morgan fingerprint density at radius 2 is 1.23 bits per heavy atom. The summed E-state index contributed by atoms with van der Waals surface area (Å²) in [6, 6.07) is -0.787. The molecule has 0 rings (SSSR count). The van der Waals surface area contributed by atoms with Crippen LogP contribution in [0.3, 0.4) is 0 Å². The van der Waals surface area contributed by atoms with Gasteiger partial charge in [-0.3, -0.25) is 9.36 Å². The van der Waals surface area contributed by atoms with Crippen molar-refractivity contribution in [3.63, 3.8) is 0 Å². The normalized spacial score (nSPS) is 15.1. The number of aliphatic hydroxyl groups is 1. The summed E-state index contributed by atoms with van der Waals surface area (Å²) in [4.78, 5) is 24.7. The van der Waals surface area contributed by atoms with Crippen molar-refractivity contribution in [2.75, 3.05) is 40.9 Å². The van der Waals surface area contributed by atoms with Crippen LogP contribution in [0.15, 0.2) is 0 Å². The monoisotopic (exact) mass is 592 g/mol. The van der Waals surface area contributed by atoms with E-state index in [2.05, 4.69) is 19.2 Å². The molecule has 8 nitrogen and oxygen atoms in total. The van der Waals surface area contributed by atoms with Crippen LogP contribution in [0.5, 0.6) is 0 Å². The number of hydrogen-bond donors (Lipinski definition) is 2. The Balaban J connectivity index is 4.36. The maximum absolute atomic E-state index is 12.5. The van der Waals surface area contributed by atoms with E-state index in [1.807, 2.05) is 21.1 Å². The van der Waals surface area contributed by atoms with Gasteiger partial charge in [-0.05, 0) is 12.8 Å². The number of aliphatic hydroxyl groups excluding tert-OH is 1. The quantitative estimate of drug-likeness (QED) is 0.0557. The van der Waals surface area contributed by atoms with Gasteiger partial charge in [0, 0.05) is 6.42 Å². The summed E-state index contributed by atoms with van der Waals surface area (Å²) < 4.78 is 22.9. The Hall–Kier alpha value is -0.500. The second kappa shape index (κ2) is 25.0. The lowest BCUT2D eigenvalue weighted by molar-refractivity contribution is -0.870. The number of phosphoric acid groups is 1. The molecule has 0 aliphatic heterocycles. The molecule has 40 heavy (non-hydrogen) atoms. The molecular weight excluding hydrogens is 527 g/mol. The average molecular weight is 593 g/mol. The molecule has 0 aromatic heterocycles. The number of quaternary nitrogens is 1. The minimum Gasteiger partial charge on any atom is -0.756 e. The van der Waals surface area contributed by atoms with Crippen molar-refractivity contribution in [3.05, 3.63) is 0 Å². The number of hydrogen-bond acceptors (Lipinski definition) is 6. The van der Waals surface area contributed by atoms with Crippen LogP contribution in [0.25, 0.3) is 0 Å². The third-order valence-electron chi connectivity index (χ3n) is 7.35. The van der Waals surface area contributed by atoms with Gasteiger partial charge in [0.2, 0.25) is 5.91 Å². The first-order chi connectivity index (χ1) is 19.0. The number of rotatable bonds is 29. The average Bonchev–Trinajstić information content (AvgIpc) is 2.88. The predicted molar refractivity (Wildman–Crippen MR) is 164 cm³/mol. The third-order valence-corrected chi connectivity index (χ3v) is 8.31. The molecule has 0 aliphatic carbocycles. The number of nitrogens with one attached hydrogen (secondary N) is 1. The van der Waals surface area contributed by atoms with Crippen molar-refractivity contribution in [2.24, 2.45) is 0 Å². The zero-order chi connectivity index (χ0) is 30.1. The summed E-state index contributed by atoms with van der Waals surface area (Å²) >= 11 is 0. The van der Waals surface area contributed by atoms with E-state index in [1.165, 1.54) is 70.6 Å². The molecule has 0 bridgehead atoms. The zero-order valence-electron chi connectivity index (χ0n) is 26.8. The lowest BCUT2D eigenvalue weighted by Crippen LogP contribution is -2.46. The van der Waals surface area contributed by atoms with Gasteiger partial charge >= 0.3 is 0 Å². The lowest BCUT2D eigenvalue weighted by atomic mass is 10.0. The Morgan fingerprint density at radius 3 is 1.70 bits per heavy atom. The van der Waals surface area contributed by atoms with E-state index >= 15 is 0 Å². The highest BCUT2D eigenvalue weighted by Crippen LogP contribution is 2.38. The van der Waals surface area contributed by atoms with Crippen LogP contribution in [-0.4, -0.2) is 68.5 Å². The van der Waals surface area contributed by atoms with Gasteiger partial charge < -0.3 is 28.8 Å². The van der Waals surface area contributed by atoms with Crippen molar-refractivity contribution < 1.29 is 32.9 Å². The number of phosphoric ester groups is 1. The molecule has 0 spiro atoms. The van der Waals surface area contributed by atoms with Crippen LogP contribution in [0.2, 0.25) is 0 Å². The van der Waals surface area contributed by atoms with Crippen molar-refractivity contribution in [1.82, 2.24) is 5.32 Å². The summed E-state index contributed by atoms with van der Waals surface area (Å²) in [7, 11) is 1.30. The fraction of sp³-hybridized carbons (Fsp3) is 0.968. The fourth-order valence-corrected chi connectivity index (χ4v) is 5.35. The molecule has 0 heterocycles. The van der Waals surface area contributed by atoms with Gasteiger partial charge in [-0.1, -0.05) is 123 Å². The van der Waals surface area contributed by atoms with Gasteiger partial charge in [-0.2, -0.15) is 0 Å². The molecule has 0 saturated heterocycles. The molecule has 2 N–H and O–H groups in total. The lowest BCUT2D eigenvalue weighted by Gasteiger charge is -2.30. The number of carbonyl (C=O) groups is 1. The van der Waals surface area contributed by atoms with Crippen molar-refractivity contribution in [1.29, 1.82) is 0 Å². The molecule has 0 aromatic rings. The first-order valence-electron chi connectivity index (χ1n) is 16.4. The predicted octanol–water partition coefficient (Wildman–Crippen LogP) is 6.88. The number of unbranched alkanes of at least 4 members (excludes halogenated alkanes) is 16. The van der Waals surface area contributed by atoms with Gasteiger partial charge in [-0.15, -0.1) is 0 Å². The van der Waals surface area contributed by atoms with Crippen molar-refractivity contribution in [3.8, 4) is 0 Å². The number of likely N-dealkylation sites (N-methyl/N-ethyl adjacent to an activating group) is 1. The van der Waals surface area contributed by atoms with Gasteiger partial charge in [0.25, 0.3) is 7.82 Å². The number of amides is 1. The number of nitrogens with zero attached hydrogens (tertiary/aromatic N) is 1. The summed E-state index contributed by atoms with van der Waals surface area (Å²) in [5.74, 6) is -0.184. The highest BCUT2D eigenvalue weighted by Gasteiger charge is 2.24. The Bertz CT molecular complexity index is 644. The van der Waals surface area contributed by atoms with Crippen LogP contribution in [0, 0.1) is 0 Å². The van der Waals surface area contributed by atoms with E-state index in [-0.39, 0.29) is 19.1 Å². The Morgan fingerprint density at radius 1 is 0.775 bits per heavy atom. The van der Waals surface area contributed by atoms with Crippen LogP contribution in [0.4, 0.5) is 0 Å². The Kier molecular flexibility index (Phi) is 24.7. The van der Waals surface area contributed by atoms with Crippen LogP contribution < -0.4 is 10.2 Å². The minimum atomic E-state index is -4.53. The first-order valence-corrected chi connectivity index (χ1v) is 17.8. The fourth-order valence-electron chi connectivity index (χ4n) is 4.62. The van der Waals surface area contributed by atoms with E-state index in [0.717, 1.165) is 44.9 Å². The van der Waals surface area contributed by atoms with Crippen LogP contribution in [-0.2, 0) is 18.4 Å². The SMILES string of the molecule is CCCCCCCCCCCCCCCCC(O)C(COP(=O)([O-])OCC[N+](C)(C)C)NC(=O)CCCCCC. The van der Waals surface area contributed by atoms with Crippen molar-refractivity contribution in [2.45, 2.75) is 154 Å². The second-order valence-electron chi connectivity index (χ2n) is 12.5. The number of carbonyl (C=O) groups excluding carboxylic acids is 1. The Labute approximate surface area is 247 Å². The van der Waals surface area contributed by atoms with E-state index in [1.54, 1.807) is 0 Å². The van der Waals surface area contributed by atoms with Gasteiger partial charge in [0.15, 0.2) is 0 Å². The maximum atomic E-state index is 12.5. The molecule has 9 heteroatoms. The maximum Gasteiger partial charge on any atom is 0.268 e. The smallest absolute Gasteiger partial charge is 0.268 e.